The molecule has 0 aliphatic heterocycles. The Hall–Kier alpha value is -0.851. The van der Waals surface area contributed by atoms with Gasteiger partial charge in [0.15, 0.2) is 0 Å². The van der Waals surface area contributed by atoms with Crippen molar-refractivity contribution < 1.29 is 4.79 Å². The topological polar surface area (TPSA) is 17.1 Å². The van der Waals surface area contributed by atoms with E-state index in [1.807, 2.05) is 6.07 Å². The summed E-state index contributed by atoms with van der Waals surface area (Å²) in [5.41, 5.74) is 1.28. The summed E-state index contributed by atoms with van der Waals surface area (Å²) in [6, 6.07) is 8.40. The summed E-state index contributed by atoms with van der Waals surface area (Å²) in [4.78, 5) is 11.1. The summed E-state index contributed by atoms with van der Waals surface area (Å²) in [7, 11) is 0. The first-order chi connectivity index (χ1) is 6.16. The second-order valence-electron chi connectivity index (χ2n) is 3.21. The van der Waals surface area contributed by atoms with Gasteiger partial charge in [0.1, 0.15) is 0 Å². The van der Waals surface area contributed by atoms with Crippen LogP contribution in [0.3, 0.4) is 0 Å². The van der Waals surface area contributed by atoms with Crippen molar-refractivity contribution in [2.75, 3.05) is 0 Å². The predicted octanol–water partition coefficient (Wildman–Crippen LogP) is 2.41. The monoisotopic (exact) mass is 238 g/mol. The molecule has 0 radical (unpaired) electrons. The Morgan fingerprint density at radius 1 is 1.31 bits per heavy atom. The Bertz CT molecular complexity index is 468. The van der Waals surface area contributed by atoms with Crippen molar-refractivity contribution in [1.29, 1.82) is 0 Å². The molecule has 0 aliphatic rings. The van der Waals surface area contributed by atoms with E-state index in [1.165, 1.54) is 15.2 Å². The van der Waals surface area contributed by atoms with Gasteiger partial charge in [-0.2, -0.15) is 0 Å². The van der Waals surface area contributed by atoms with Crippen molar-refractivity contribution in [1.82, 2.24) is 0 Å². The molecule has 0 atom stereocenters. The van der Waals surface area contributed by atoms with Crippen LogP contribution >= 0.6 is 0 Å². The molecule has 0 aliphatic carbocycles. The predicted molar refractivity (Wildman–Crippen MR) is 55.6 cm³/mol. The molecule has 0 amide bonds. The van der Waals surface area contributed by atoms with Crippen molar-refractivity contribution >= 4 is 29.9 Å². The normalized spacial score (nSPS) is 10.6. The van der Waals surface area contributed by atoms with Crippen molar-refractivity contribution in [3.8, 4) is 0 Å². The first kappa shape index (κ1) is 8.73. The van der Waals surface area contributed by atoms with E-state index in [-0.39, 0.29) is 20.3 Å². The van der Waals surface area contributed by atoms with Gasteiger partial charge < -0.3 is 0 Å². The van der Waals surface area contributed by atoms with Gasteiger partial charge in [-0.1, -0.05) is 0 Å². The van der Waals surface area contributed by atoms with Crippen LogP contribution in [0.2, 0.25) is 0 Å². The van der Waals surface area contributed by atoms with Crippen molar-refractivity contribution in [2.45, 2.75) is 13.8 Å². The number of Topliss-reactive ketones (excluding diaryl/α,β-unsaturated/α-hetero) is 1. The first-order valence-corrected chi connectivity index (χ1v) is 5.89. The fourth-order valence-electron chi connectivity index (χ4n) is 1.31. The summed E-state index contributed by atoms with van der Waals surface area (Å²) < 4.78 is 2.34. The van der Waals surface area contributed by atoms with E-state index in [0.717, 1.165) is 4.44 Å². The Balaban J connectivity index is 2.68. The molecule has 0 N–H and O–H groups in total. The zero-order valence-corrected chi connectivity index (χ0v) is 9.34. The third kappa shape index (κ3) is 1.60. The standard InChI is InChI=1S/C11H10OSe/c1-7-3-4-9-6-10(8(2)12)13-11(9)5-7/h3-6H,1-2H3. The van der Waals surface area contributed by atoms with E-state index >= 15 is 0 Å². The molecule has 0 saturated carbocycles. The molecule has 0 spiro atoms. The quantitative estimate of drug-likeness (QED) is 0.549. The number of fused-ring (bicyclic) bond motifs is 1. The summed E-state index contributed by atoms with van der Waals surface area (Å²) >= 11 is 0.243. The molecule has 1 aromatic carbocycles. The van der Waals surface area contributed by atoms with Crippen LogP contribution in [0.4, 0.5) is 0 Å². The number of ketones is 1. The number of rotatable bonds is 1. The zero-order chi connectivity index (χ0) is 9.42. The second kappa shape index (κ2) is 3.13. The van der Waals surface area contributed by atoms with Gasteiger partial charge in [-0.05, 0) is 0 Å². The van der Waals surface area contributed by atoms with Gasteiger partial charge in [-0.25, -0.2) is 0 Å². The average Bonchev–Trinajstić information content (AvgIpc) is 2.46. The molecule has 13 heavy (non-hydrogen) atoms. The molecule has 66 valence electrons. The van der Waals surface area contributed by atoms with E-state index in [2.05, 4.69) is 25.1 Å². The van der Waals surface area contributed by atoms with E-state index < -0.39 is 0 Å². The zero-order valence-electron chi connectivity index (χ0n) is 7.63. The minimum absolute atomic E-state index is 0.217. The van der Waals surface area contributed by atoms with Gasteiger partial charge in [0, 0.05) is 0 Å². The third-order valence-electron chi connectivity index (χ3n) is 2.02. The number of carbonyl (C=O) groups excluding carboxylic acids is 1. The molecule has 0 saturated heterocycles. The number of carbonyl (C=O) groups is 1. The van der Waals surface area contributed by atoms with Crippen LogP contribution in [0.5, 0.6) is 0 Å². The van der Waals surface area contributed by atoms with Crippen LogP contribution in [0.1, 0.15) is 21.7 Å². The molecule has 2 rings (SSSR count). The number of hydrogen-bond donors (Lipinski definition) is 0. The van der Waals surface area contributed by atoms with Crippen LogP contribution in [0.25, 0.3) is 9.65 Å². The molecular weight excluding hydrogens is 227 g/mol. The van der Waals surface area contributed by atoms with Gasteiger partial charge in [-0.15, -0.1) is 0 Å². The summed E-state index contributed by atoms with van der Waals surface area (Å²) in [5, 5.41) is 1.23. The van der Waals surface area contributed by atoms with Gasteiger partial charge in [0.25, 0.3) is 0 Å². The Labute approximate surface area is 83.1 Å². The van der Waals surface area contributed by atoms with Gasteiger partial charge in [-0.3, -0.25) is 0 Å². The van der Waals surface area contributed by atoms with Gasteiger partial charge in [0.2, 0.25) is 0 Å². The van der Waals surface area contributed by atoms with Crippen molar-refractivity contribution in [3.63, 3.8) is 0 Å². The fraction of sp³-hybridized carbons (Fsp3) is 0.182. The van der Waals surface area contributed by atoms with Crippen LogP contribution in [-0.4, -0.2) is 20.3 Å². The van der Waals surface area contributed by atoms with E-state index in [4.69, 9.17) is 0 Å². The molecule has 1 heterocycles. The first-order valence-electron chi connectivity index (χ1n) is 4.18. The second-order valence-corrected chi connectivity index (χ2v) is 5.48. The van der Waals surface area contributed by atoms with Crippen molar-refractivity contribution in [3.05, 3.63) is 34.3 Å². The maximum absolute atomic E-state index is 11.1. The summed E-state index contributed by atoms with van der Waals surface area (Å²) in [6.45, 7) is 3.73. The molecule has 2 aromatic rings. The molecule has 2 heteroatoms. The van der Waals surface area contributed by atoms with E-state index in [1.54, 1.807) is 6.92 Å². The third-order valence-corrected chi connectivity index (χ3v) is 4.54. The molecular formula is C11H10OSe. The SMILES string of the molecule is CC(=O)c1cc2ccc(C)cc2[se]1. The van der Waals surface area contributed by atoms with E-state index in [9.17, 15) is 4.79 Å². The summed E-state index contributed by atoms with van der Waals surface area (Å²) in [6.07, 6.45) is 0. The molecule has 1 nitrogen and oxygen atoms in total. The van der Waals surface area contributed by atoms with Crippen LogP contribution in [-0.2, 0) is 0 Å². The van der Waals surface area contributed by atoms with Crippen LogP contribution < -0.4 is 0 Å². The summed E-state index contributed by atoms with van der Waals surface area (Å²) in [5.74, 6) is 0.217. The van der Waals surface area contributed by atoms with Crippen LogP contribution in [0.15, 0.2) is 24.3 Å². The molecule has 0 fully saturated rings. The average molecular weight is 237 g/mol. The molecule has 0 unspecified atom stereocenters. The van der Waals surface area contributed by atoms with E-state index in [0.29, 0.717) is 0 Å². The number of hydrogen-bond acceptors (Lipinski definition) is 1. The minimum atomic E-state index is 0.217. The van der Waals surface area contributed by atoms with Gasteiger partial charge in [0.05, 0.1) is 0 Å². The molecule has 0 bridgehead atoms. The molecule has 1 aromatic heterocycles. The Morgan fingerprint density at radius 2 is 2.08 bits per heavy atom. The number of aryl methyl sites for hydroxylation is 1. The Morgan fingerprint density at radius 3 is 2.77 bits per heavy atom. The number of benzene rings is 1. The van der Waals surface area contributed by atoms with Gasteiger partial charge >= 0.3 is 82.8 Å². The Kier molecular flexibility index (Phi) is 2.10. The maximum atomic E-state index is 11.1. The fourth-order valence-corrected chi connectivity index (χ4v) is 3.53. The van der Waals surface area contributed by atoms with Crippen molar-refractivity contribution in [2.24, 2.45) is 0 Å². The van der Waals surface area contributed by atoms with Crippen LogP contribution in [0, 0.1) is 6.92 Å².